The smallest absolute Gasteiger partial charge is 0.116 e. The Morgan fingerprint density at radius 1 is 1.50 bits per heavy atom. The third-order valence-corrected chi connectivity index (χ3v) is 3.43. The summed E-state index contributed by atoms with van der Waals surface area (Å²) in [6.45, 7) is 12.6. The molecule has 1 heterocycles. The first kappa shape index (κ1) is 13.5. The van der Waals surface area contributed by atoms with E-state index >= 15 is 0 Å². The predicted molar refractivity (Wildman–Crippen MR) is 67.2 cm³/mol. The first-order chi connectivity index (χ1) is 7.29. The summed E-state index contributed by atoms with van der Waals surface area (Å²) in [6, 6.07) is 2.76. The van der Waals surface area contributed by atoms with Crippen molar-refractivity contribution in [1.29, 1.82) is 5.26 Å². The van der Waals surface area contributed by atoms with E-state index in [1.807, 2.05) is 6.92 Å². The normalized spacial score (nSPS) is 24.3. The zero-order valence-corrected chi connectivity index (χ0v) is 11.3. The lowest BCUT2D eigenvalue weighted by Gasteiger charge is -2.37. The fourth-order valence-electron chi connectivity index (χ4n) is 2.59. The summed E-state index contributed by atoms with van der Waals surface area (Å²) < 4.78 is 0. The van der Waals surface area contributed by atoms with Crippen LogP contribution in [-0.4, -0.2) is 35.1 Å². The molecule has 0 aromatic carbocycles. The van der Waals surface area contributed by atoms with Crippen LogP contribution in [0, 0.1) is 11.3 Å². The molecule has 1 N–H and O–H groups in total. The number of hydrogen-bond donors (Lipinski definition) is 1. The van der Waals surface area contributed by atoms with Gasteiger partial charge in [0.05, 0.1) is 6.07 Å². The second-order valence-electron chi connectivity index (χ2n) is 6.08. The summed E-state index contributed by atoms with van der Waals surface area (Å²) in [7, 11) is 0. The van der Waals surface area contributed by atoms with Crippen molar-refractivity contribution >= 4 is 0 Å². The van der Waals surface area contributed by atoms with E-state index < -0.39 is 5.54 Å². The molecule has 0 bridgehead atoms. The van der Waals surface area contributed by atoms with Crippen LogP contribution in [0.4, 0.5) is 0 Å². The van der Waals surface area contributed by atoms with Crippen LogP contribution in [0.2, 0.25) is 0 Å². The SMILES string of the molecule is CC(C)NC(C)(C#N)CN1CCCC1(C)C. The average molecular weight is 223 g/mol. The van der Waals surface area contributed by atoms with Gasteiger partial charge in [0, 0.05) is 18.1 Å². The van der Waals surface area contributed by atoms with Crippen LogP contribution in [0.5, 0.6) is 0 Å². The van der Waals surface area contributed by atoms with Gasteiger partial charge in [-0.3, -0.25) is 10.2 Å². The van der Waals surface area contributed by atoms with Crippen molar-refractivity contribution in [3.63, 3.8) is 0 Å². The largest absolute Gasteiger partial charge is 0.296 e. The molecule has 1 saturated heterocycles. The van der Waals surface area contributed by atoms with Crippen molar-refractivity contribution < 1.29 is 0 Å². The highest BCUT2D eigenvalue weighted by Gasteiger charge is 2.37. The quantitative estimate of drug-likeness (QED) is 0.793. The van der Waals surface area contributed by atoms with E-state index in [0.717, 1.165) is 13.1 Å². The van der Waals surface area contributed by atoms with Crippen LogP contribution in [-0.2, 0) is 0 Å². The number of rotatable bonds is 4. The molecule has 0 radical (unpaired) electrons. The monoisotopic (exact) mass is 223 g/mol. The van der Waals surface area contributed by atoms with Gasteiger partial charge in [-0.2, -0.15) is 5.26 Å². The molecule has 1 rings (SSSR count). The van der Waals surface area contributed by atoms with Crippen LogP contribution >= 0.6 is 0 Å². The minimum absolute atomic E-state index is 0.247. The highest BCUT2D eigenvalue weighted by atomic mass is 15.2. The molecule has 3 nitrogen and oxygen atoms in total. The molecule has 1 atom stereocenters. The van der Waals surface area contributed by atoms with Crippen molar-refractivity contribution in [2.75, 3.05) is 13.1 Å². The molecule has 0 amide bonds. The summed E-state index contributed by atoms with van der Waals surface area (Å²) in [5.41, 5.74) is -0.188. The number of nitriles is 1. The maximum Gasteiger partial charge on any atom is 0.116 e. The Morgan fingerprint density at radius 3 is 2.50 bits per heavy atom. The molecule has 1 fully saturated rings. The van der Waals surface area contributed by atoms with Crippen LogP contribution in [0.1, 0.15) is 47.5 Å². The van der Waals surface area contributed by atoms with Crippen LogP contribution < -0.4 is 5.32 Å². The third-order valence-electron chi connectivity index (χ3n) is 3.43. The van der Waals surface area contributed by atoms with Gasteiger partial charge < -0.3 is 0 Å². The zero-order chi connectivity index (χ0) is 12.4. The highest BCUT2D eigenvalue weighted by Crippen LogP contribution is 2.29. The van der Waals surface area contributed by atoms with Crippen molar-refractivity contribution in [3.05, 3.63) is 0 Å². The summed E-state index contributed by atoms with van der Waals surface area (Å²) >= 11 is 0. The molecule has 1 unspecified atom stereocenters. The molecule has 16 heavy (non-hydrogen) atoms. The van der Waals surface area contributed by atoms with E-state index in [0.29, 0.717) is 6.04 Å². The molecule has 0 aliphatic carbocycles. The summed E-state index contributed by atoms with van der Waals surface area (Å²) in [4.78, 5) is 2.44. The van der Waals surface area contributed by atoms with Crippen molar-refractivity contribution in [1.82, 2.24) is 10.2 Å². The lowest BCUT2D eigenvalue weighted by molar-refractivity contribution is 0.139. The second kappa shape index (κ2) is 4.73. The maximum absolute atomic E-state index is 9.33. The fraction of sp³-hybridized carbons (Fsp3) is 0.923. The minimum Gasteiger partial charge on any atom is -0.296 e. The minimum atomic E-state index is -0.435. The van der Waals surface area contributed by atoms with Gasteiger partial charge in [0.2, 0.25) is 0 Å². The second-order valence-corrected chi connectivity index (χ2v) is 6.08. The Balaban J connectivity index is 2.67. The molecule has 1 aliphatic heterocycles. The predicted octanol–water partition coefficient (Wildman–Crippen LogP) is 2.14. The van der Waals surface area contributed by atoms with Crippen molar-refractivity contribution in [2.45, 2.75) is 64.6 Å². The molecule has 3 heteroatoms. The van der Waals surface area contributed by atoms with Crippen LogP contribution in [0.3, 0.4) is 0 Å². The van der Waals surface area contributed by atoms with Gasteiger partial charge in [-0.15, -0.1) is 0 Å². The van der Waals surface area contributed by atoms with Gasteiger partial charge in [0.15, 0.2) is 0 Å². The zero-order valence-electron chi connectivity index (χ0n) is 11.3. The molecule has 0 aromatic rings. The van der Waals surface area contributed by atoms with Gasteiger partial charge in [-0.25, -0.2) is 0 Å². The summed E-state index contributed by atoms with van der Waals surface area (Å²) in [5, 5.41) is 12.7. The average Bonchev–Trinajstić information content (AvgIpc) is 2.44. The summed E-state index contributed by atoms with van der Waals surface area (Å²) in [6.07, 6.45) is 2.48. The molecule has 0 saturated carbocycles. The number of nitrogens with one attached hydrogen (secondary N) is 1. The summed E-state index contributed by atoms with van der Waals surface area (Å²) in [5.74, 6) is 0. The Bertz CT molecular complexity index is 277. The molecule has 1 aliphatic rings. The lowest BCUT2D eigenvalue weighted by Crippen LogP contribution is -2.55. The number of likely N-dealkylation sites (tertiary alicyclic amines) is 1. The Morgan fingerprint density at radius 2 is 2.12 bits per heavy atom. The van der Waals surface area contributed by atoms with E-state index in [4.69, 9.17) is 0 Å². The lowest BCUT2D eigenvalue weighted by atomic mass is 9.97. The highest BCUT2D eigenvalue weighted by molar-refractivity contribution is 5.08. The molecule has 0 aromatic heterocycles. The molecule has 92 valence electrons. The van der Waals surface area contributed by atoms with Crippen molar-refractivity contribution in [2.24, 2.45) is 0 Å². The van der Waals surface area contributed by atoms with Gasteiger partial charge >= 0.3 is 0 Å². The van der Waals surface area contributed by atoms with Crippen LogP contribution in [0.25, 0.3) is 0 Å². The Hall–Kier alpha value is -0.590. The third kappa shape index (κ3) is 3.20. The maximum atomic E-state index is 9.33. The first-order valence-corrected chi connectivity index (χ1v) is 6.23. The van der Waals surface area contributed by atoms with E-state index in [9.17, 15) is 5.26 Å². The Kier molecular flexibility index (Phi) is 3.98. The van der Waals surface area contributed by atoms with Gasteiger partial charge in [-0.05, 0) is 54.0 Å². The fourth-order valence-corrected chi connectivity index (χ4v) is 2.59. The topological polar surface area (TPSA) is 39.1 Å². The number of hydrogen-bond acceptors (Lipinski definition) is 3. The van der Waals surface area contributed by atoms with Gasteiger partial charge in [-0.1, -0.05) is 0 Å². The van der Waals surface area contributed by atoms with Gasteiger partial charge in [0.25, 0.3) is 0 Å². The molecular formula is C13H25N3. The van der Waals surface area contributed by atoms with Crippen LogP contribution in [0.15, 0.2) is 0 Å². The Labute approximate surface area is 99.8 Å². The van der Waals surface area contributed by atoms with E-state index in [-0.39, 0.29) is 5.54 Å². The van der Waals surface area contributed by atoms with E-state index in [2.05, 4.69) is 44.0 Å². The van der Waals surface area contributed by atoms with E-state index in [1.54, 1.807) is 0 Å². The first-order valence-electron chi connectivity index (χ1n) is 6.23. The van der Waals surface area contributed by atoms with Gasteiger partial charge in [0.1, 0.15) is 5.54 Å². The van der Waals surface area contributed by atoms with Crippen molar-refractivity contribution in [3.8, 4) is 6.07 Å². The van der Waals surface area contributed by atoms with E-state index in [1.165, 1.54) is 12.8 Å². The molecular weight excluding hydrogens is 198 g/mol. The number of nitrogens with zero attached hydrogens (tertiary/aromatic N) is 2. The standard InChI is InChI=1S/C13H25N3/c1-11(2)15-13(5,9-14)10-16-8-6-7-12(16,3)4/h11,15H,6-8,10H2,1-5H3. The molecule has 0 spiro atoms.